The first kappa shape index (κ1) is 12.0. The highest BCUT2D eigenvalue weighted by molar-refractivity contribution is 7.12. The normalized spacial score (nSPS) is 12.2. The van der Waals surface area contributed by atoms with Gasteiger partial charge in [0, 0.05) is 0 Å². The number of benzene rings is 1. The maximum Gasteiger partial charge on any atom is 0.418 e. The van der Waals surface area contributed by atoms with E-state index in [1.165, 1.54) is 28.0 Å². The number of nitrogens with zero attached hydrogens (tertiary/aromatic N) is 1. The number of alkyl halides is 3. The van der Waals surface area contributed by atoms with Crippen molar-refractivity contribution in [1.82, 2.24) is 9.55 Å². The van der Waals surface area contributed by atoms with Crippen molar-refractivity contribution >= 4 is 22.4 Å². The molecule has 0 saturated heterocycles. The summed E-state index contributed by atoms with van der Waals surface area (Å²) in [7, 11) is 0. The SMILES string of the molecule is O=c1[nH]c2c(C(F)(F)F)cccc2n1-c1cccs1. The first-order chi connectivity index (χ1) is 8.98. The van der Waals surface area contributed by atoms with Crippen LogP contribution in [0, 0.1) is 0 Å². The lowest BCUT2D eigenvalue weighted by Gasteiger charge is -2.07. The van der Waals surface area contributed by atoms with Crippen LogP contribution in [0.25, 0.3) is 16.0 Å². The van der Waals surface area contributed by atoms with E-state index in [1.807, 2.05) is 0 Å². The van der Waals surface area contributed by atoms with E-state index in [0.29, 0.717) is 5.00 Å². The van der Waals surface area contributed by atoms with Crippen LogP contribution in [0.4, 0.5) is 13.2 Å². The molecule has 2 heterocycles. The van der Waals surface area contributed by atoms with E-state index >= 15 is 0 Å². The van der Waals surface area contributed by atoms with E-state index in [1.54, 1.807) is 17.5 Å². The number of nitrogens with one attached hydrogen (secondary N) is 1. The number of H-pyrrole nitrogens is 1. The maximum atomic E-state index is 12.9. The molecule has 0 bridgehead atoms. The van der Waals surface area contributed by atoms with Crippen LogP contribution in [0.5, 0.6) is 0 Å². The fraction of sp³-hybridized carbons (Fsp3) is 0.0833. The smallest absolute Gasteiger partial charge is 0.305 e. The number of hydrogen-bond donors (Lipinski definition) is 1. The van der Waals surface area contributed by atoms with Gasteiger partial charge in [-0.3, -0.25) is 4.57 Å². The van der Waals surface area contributed by atoms with E-state index in [9.17, 15) is 18.0 Å². The molecular formula is C12H7F3N2OS. The number of fused-ring (bicyclic) bond motifs is 1. The monoisotopic (exact) mass is 284 g/mol. The summed E-state index contributed by atoms with van der Waals surface area (Å²) < 4.78 is 39.9. The number of hydrogen-bond acceptors (Lipinski definition) is 2. The van der Waals surface area contributed by atoms with Crippen molar-refractivity contribution < 1.29 is 13.2 Å². The Bertz CT molecular complexity index is 784. The van der Waals surface area contributed by atoms with Gasteiger partial charge in [0.1, 0.15) is 5.00 Å². The Morgan fingerprint density at radius 1 is 1.16 bits per heavy atom. The van der Waals surface area contributed by atoms with E-state index in [-0.39, 0.29) is 11.0 Å². The van der Waals surface area contributed by atoms with Crippen LogP contribution in [0.3, 0.4) is 0 Å². The highest BCUT2D eigenvalue weighted by atomic mass is 32.1. The summed E-state index contributed by atoms with van der Waals surface area (Å²) in [5.74, 6) is 0. The topological polar surface area (TPSA) is 37.8 Å². The first-order valence-corrected chi connectivity index (χ1v) is 6.21. The van der Waals surface area contributed by atoms with Crippen LogP contribution in [0.15, 0.2) is 40.5 Å². The van der Waals surface area contributed by atoms with Gasteiger partial charge in [-0.1, -0.05) is 6.07 Å². The van der Waals surface area contributed by atoms with Gasteiger partial charge in [0.25, 0.3) is 0 Å². The molecule has 0 fully saturated rings. The number of imidazole rings is 1. The molecule has 1 aromatic carbocycles. The van der Waals surface area contributed by atoms with E-state index in [2.05, 4.69) is 4.98 Å². The molecule has 19 heavy (non-hydrogen) atoms. The predicted octanol–water partition coefficient (Wildman–Crippen LogP) is 3.40. The van der Waals surface area contributed by atoms with Crippen LogP contribution in [0.1, 0.15) is 5.56 Å². The summed E-state index contributed by atoms with van der Waals surface area (Å²) in [5, 5.41) is 2.34. The van der Waals surface area contributed by atoms with Gasteiger partial charge in [0.05, 0.1) is 16.6 Å². The van der Waals surface area contributed by atoms with Gasteiger partial charge in [0.2, 0.25) is 0 Å². The van der Waals surface area contributed by atoms with Gasteiger partial charge in [-0.15, -0.1) is 11.3 Å². The summed E-state index contributed by atoms with van der Waals surface area (Å²) in [6.07, 6.45) is -4.50. The van der Waals surface area contributed by atoms with Crippen LogP contribution in [-0.4, -0.2) is 9.55 Å². The number of para-hydroxylation sites is 1. The molecule has 2 aromatic heterocycles. The second-order valence-corrected chi connectivity index (χ2v) is 4.84. The molecule has 0 atom stereocenters. The molecule has 0 amide bonds. The number of aromatic nitrogens is 2. The lowest BCUT2D eigenvalue weighted by molar-refractivity contribution is -0.136. The minimum atomic E-state index is -4.50. The Balaban J connectivity index is 2.39. The summed E-state index contributed by atoms with van der Waals surface area (Å²) in [4.78, 5) is 14.1. The van der Waals surface area contributed by atoms with Crippen molar-refractivity contribution in [2.24, 2.45) is 0 Å². The average Bonchev–Trinajstić information content (AvgIpc) is 2.92. The fourth-order valence-electron chi connectivity index (χ4n) is 1.98. The molecule has 0 saturated carbocycles. The minimum absolute atomic E-state index is 0.187. The zero-order valence-corrected chi connectivity index (χ0v) is 10.2. The van der Waals surface area contributed by atoms with Gasteiger partial charge >= 0.3 is 11.9 Å². The van der Waals surface area contributed by atoms with Crippen molar-refractivity contribution in [3.05, 3.63) is 51.8 Å². The molecule has 0 aliphatic heterocycles. The van der Waals surface area contributed by atoms with Gasteiger partial charge in [-0.2, -0.15) is 13.2 Å². The molecule has 3 aromatic rings. The minimum Gasteiger partial charge on any atom is -0.305 e. The molecule has 0 radical (unpaired) electrons. The van der Waals surface area contributed by atoms with Crippen molar-refractivity contribution in [2.75, 3.05) is 0 Å². The lowest BCUT2D eigenvalue weighted by Crippen LogP contribution is -2.13. The third kappa shape index (κ3) is 1.86. The number of thiophene rings is 1. The van der Waals surface area contributed by atoms with E-state index < -0.39 is 17.4 Å². The Kier molecular flexibility index (Phi) is 2.53. The van der Waals surface area contributed by atoms with Crippen molar-refractivity contribution in [3.8, 4) is 5.00 Å². The fourth-order valence-corrected chi connectivity index (χ4v) is 2.72. The summed E-state index contributed by atoms with van der Waals surface area (Å²) >= 11 is 1.28. The highest BCUT2D eigenvalue weighted by Crippen LogP contribution is 2.34. The van der Waals surface area contributed by atoms with Crippen LogP contribution in [0.2, 0.25) is 0 Å². The molecule has 0 aliphatic carbocycles. The zero-order chi connectivity index (χ0) is 13.6. The van der Waals surface area contributed by atoms with E-state index in [0.717, 1.165) is 6.07 Å². The molecule has 3 rings (SSSR count). The van der Waals surface area contributed by atoms with Crippen LogP contribution in [-0.2, 0) is 6.18 Å². The van der Waals surface area contributed by atoms with Gasteiger partial charge < -0.3 is 4.98 Å². The van der Waals surface area contributed by atoms with Crippen molar-refractivity contribution in [3.63, 3.8) is 0 Å². The van der Waals surface area contributed by atoms with Crippen LogP contribution >= 0.6 is 11.3 Å². The van der Waals surface area contributed by atoms with Crippen molar-refractivity contribution in [2.45, 2.75) is 6.18 Å². The zero-order valence-electron chi connectivity index (χ0n) is 9.36. The summed E-state index contributed by atoms with van der Waals surface area (Å²) in [5.41, 5.74) is -1.37. The van der Waals surface area contributed by atoms with Gasteiger partial charge in [-0.25, -0.2) is 4.79 Å². The second-order valence-electron chi connectivity index (χ2n) is 3.91. The third-order valence-electron chi connectivity index (χ3n) is 2.75. The van der Waals surface area contributed by atoms with Gasteiger partial charge in [-0.05, 0) is 29.6 Å². The third-order valence-corrected chi connectivity index (χ3v) is 3.60. The Morgan fingerprint density at radius 2 is 1.95 bits per heavy atom. The molecule has 0 spiro atoms. The van der Waals surface area contributed by atoms with Crippen LogP contribution < -0.4 is 5.69 Å². The molecule has 0 aliphatic rings. The maximum absolute atomic E-state index is 12.9. The lowest BCUT2D eigenvalue weighted by atomic mass is 10.2. The summed E-state index contributed by atoms with van der Waals surface area (Å²) in [6.45, 7) is 0. The Hall–Kier alpha value is -2.02. The Morgan fingerprint density at radius 3 is 2.58 bits per heavy atom. The Labute approximate surface area is 108 Å². The average molecular weight is 284 g/mol. The molecule has 3 nitrogen and oxygen atoms in total. The molecule has 7 heteroatoms. The number of rotatable bonds is 1. The predicted molar refractivity (Wildman–Crippen MR) is 66.8 cm³/mol. The quantitative estimate of drug-likeness (QED) is 0.730. The second kappa shape index (κ2) is 3.99. The number of halogens is 3. The highest BCUT2D eigenvalue weighted by Gasteiger charge is 2.33. The summed E-state index contributed by atoms with van der Waals surface area (Å²) in [6, 6.07) is 7.15. The van der Waals surface area contributed by atoms with Gasteiger partial charge in [0.15, 0.2) is 0 Å². The molecule has 1 N–H and O–H groups in total. The molecular weight excluding hydrogens is 277 g/mol. The first-order valence-electron chi connectivity index (χ1n) is 5.33. The molecule has 98 valence electrons. The molecule has 0 unspecified atom stereocenters. The largest absolute Gasteiger partial charge is 0.418 e. The standard InChI is InChI=1S/C12H7F3N2OS/c13-12(14,15)7-3-1-4-8-10(7)16-11(18)17(8)9-5-2-6-19-9/h1-6H,(H,16,18). The number of aromatic amines is 1. The van der Waals surface area contributed by atoms with Crippen molar-refractivity contribution in [1.29, 1.82) is 0 Å². The van der Waals surface area contributed by atoms with E-state index in [4.69, 9.17) is 0 Å².